The van der Waals surface area contributed by atoms with E-state index in [9.17, 15) is 24.6 Å². The van der Waals surface area contributed by atoms with E-state index in [2.05, 4.69) is 0 Å². The first-order valence-corrected chi connectivity index (χ1v) is 7.25. The van der Waals surface area contributed by atoms with Crippen molar-refractivity contribution in [3.63, 3.8) is 0 Å². The number of benzene rings is 1. The molecule has 8 heteroatoms. The molecular formula is C15H14ClNO6. The van der Waals surface area contributed by atoms with E-state index in [0.717, 1.165) is 0 Å². The summed E-state index contributed by atoms with van der Waals surface area (Å²) < 4.78 is 5.13. The Morgan fingerprint density at radius 2 is 1.74 bits per heavy atom. The quantitative estimate of drug-likeness (QED) is 0.858. The van der Waals surface area contributed by atoms with Crippen LogP contribution >= 0.6 is 11.6 Å². The van der Waals surface area contributed by atoms with Crippen LogP contribution in [-0.4, -0.2) is 53.2 Å². The van der Waals surface area contributed by atoms with Gasteiger partial charge in [0.2, 0.25) is 0 Å². The highest BCUT2D eigenvalue weighted by Crippen LogP contribution is 2.68. The molecule has 0 bridgehead atoms. The highest BCUT2D eigenvalue weighted by molar-refractivity contribution is 6.30. The lowest BCUT2D eigenvalue weighted by Crippen LogP contribution is -2.34. The number of likely N-dealkylation sites (tertiary alicyclic amines) is 1. The average molecular weight is 340 g/mol. The average Bonchev–Trinajstić information content (AvgIpc) is 3.05. The predicted octanol–water partition coefficient (Wildman–Crippen LogP) is 1.35. The van der Waals surface area contributed by atoms with Crippen molar-refractivity contribution < 1.29 is 29.3 Å². The molecule has 0 aromatic heterocycles. The third kappa shape index (κ3) is 1.99. The van der Waals surface area contributed by atoms with E-state index in [-0.39, 0.29) is 30.8 Å². The number of nitrogens with zero attached hydrogens (tertiary/aromatic N) is 1. The molecular weight excluding hydrogens is 326 g/mol. The second kappa shape index (κ2) is 4.86. The maximum absolute atomic E-state index is 12.7. The van der Waals surface area contributed by atoms with Gasteiger partial charge in [0.15, 0.2) is 0 Å². The second-order valence-electron chi connectivity index (χ2n) is 5.96. The normalized spacial score (nSPS) is 28.2. The van der Waals surface area contributed by atoms with Gasteiger partial charge in [0.25, 0.3) is 5.91 Å². The Morgan fingerprint density at radius 1 is 1.17 bits per heavy atom. The zero-order valence-corrected chi connectivity index (χ0v) is 13.0. The van der Waals surface area contributed by atoms with E-state index < -0.39 is 28.7 Å². The van der Waals surface area contributed by atoms with Gasteiger partial charge in [-0.15, -0.1) is 0 Å². The molecule has 2 N–H and O–H groups in total. The number of fused-ring (bicyclic) bond motifs is 1. The van der Waals surface area contributed by atoms with Gasteiger partial charge in [0.05, 0.1) is 12.7 Å². The Hall–Kier alpha value is -2.28. The predicted molar refractivity (Wildman–Crippen MR) is 78.7 cm³/mol. The fraction of sp³-hybridized carbons (Fsp3) is 0.400. The third-order valence-corrected chi connectivity index (χ3v) is 5.05. The number of carboxylic acid groups (broad SMARTS) is 2. The molecule has 1 aromatic carbocycles. The minimum absolute atomic E-state index is 0.0478. The van der Waals surface area contributed by atoms with Crippen LogP contribution in [0.15, 0.2) is 18.2 Å². The monoisotopic (exact) mass is 339 g/mol. The summed E-state index contributed by atoms with van der Waals surface area (Å²) in [5.41, 5.74) is -2.57. The highest BCUT2D eigenvalue weighted by Gasteiger charge is 2.81. The molecule has 23 heavy (non-hydrogen) atoms. The molecule has 1 saturated carbocycles. The Bertz CT molecular complexity index is 707. The minimum atomic E-state index is -1.39. The summed E-state index contributed by atoms with van der Waals surface area (Å²) in [4.78, 5) is 36.9. The fourth-order valence-corrected chi connectivity index (χ4v) is 3.61. The molecule has 1 aliphatic heterocycles. The van der Waals surface area contributed by atoms with Crippen molar-refractivity contribution in [1.29, 1.82) is 0 Å². The number of methoxy groups -OCH3 is 1. The van der Waals surface area contributed by atoms with Crippen molar-refractivity contribution in [3.05, 3.63) is 28.8 Å². The first kappa shape index (κ1) is 15.6. The van der Waals surface area contributed by atoms with E-state index in [1.165, 1.54) is 30.2 Å². The maximum atomic E-state index is 12.7. The number of hydrogen-bond donors (Lipinski definition) is 2. The Labute approximate surface area is 136 Å². The molecule has 2 aliphatic rings. The smallest absolute Gasteiger partial charge is 0.312 e. The number of carbonyl (C=O) groups excluding carboxylic acids is 1. The second-order valence-corrected chi connectivity index (χ2v) is 6.39. The molecule has 2 fully saturated rings. The van der Waals surface area contributed by atoms with E-state index in [4.69, 9.17) is 16.3 Å². The van der Waals surface area contributed by atoms with Crippen molar-refractivity contribution in [2.75, 3.05) is 20.2 Å². The van der Waals surface area contributed by atoms with E-state index in [1.54, 1.807) is 0 Å². The van der Waals surface area contributed by atoms with Crippen molar-refractivity contribution in [2.45, 2.75) is 6.42 Å². The van der Waals surface area contributed by atoms with Gasteiger partial charge < -0.3 is 19.8 Å². The zero-order valence-electron chi connectivity index (χ0n) is 12.2. The number of halogens is 1. The van der Waals surface area contributed by atoms with Crippen LogP contribution in [0, 0.1) is 10.8 Å². The first-order valence-electron chi connectivity index (χ1n) is 6.87. The van der Waals surface area contributed by atoms with Crippen LogP contribution in [0.4, 0.5) is 0 Å². The zero-order chi connectivity index (χ0) is 17.0. The number of aliphatic carboxylic acids is 2. The number of amides is 1. The summed E-state index contributed by atoms with van der Waals surface area (Å²) >= 11 is 5.86. The Kier molecular flexibility index (Phi) is 3.30. The Balaban J connectivity index is 1.92. The first-order chi connectivity index (χ1) is 10.8. The Morgan fingerprint density at radius 3 is 2.22 bits per heavy atom. The molecule has 1 aliphatic carbocycles. The summed E-state index contributed by atoms with van der Waals surface area (Å²) in [6, 6.07) is 4.48. The van der Waals surface area contributed by atoms with Gasteiger partial charge >= 0.3 is 11.9 Å². The molecule has 2 atom stereocenters. The molecule has 0 radical (unpaired) electrons. The van der Waals surface area contributed by atoms with E-state index in [1.807, 2.05) is 0 Å². The third-order valence-electron chi connectivity index (χ3n) is 4.82. The van der Waals surface area contributed by atoms with Crippen molar-refractivity contribution in [3.8, 4) is 5.75 Å². The lowest BCUT2D eigenvalue weighted by atomic mass is 9.97. The van der Waals surface area contributed by atoms with Gasteiger partial charge in [0.1, 0.15) is 16.6 Å². The van der Waals surface area contributed by atoms with E-state index >= 15 is 0 Å². The van der Waals surface area contributed by atoms with Crippen molar-refractivity contribution >= 4 is 29.4 Å². The number of piperidine rings is 1. The van der Waals surface area contributed by atoms with Crippen LogP contribution in [0.5, 0.6) is 5.75 Å². The van der Waals surface area contributed by atoms with Crippen LogP contribution in [0.2, 0.25) is 5.02 Å². The molecule has 0 spiro atoms. The van der Waals surface area contributed by atoms with Crippen molar-refractivity contribution in [1.82, 2.24) is 4.90 Å². The van der Waals surface area contributed by atoms with Crippen LogP contribution in [0.3, 0.4) is 0 Å². The van der Waals surface area contributed by atoms with Crippen LogP contribution in [0.1, 0.15) is 16.8 Å². The number of carboxylic acids is 2. The highest BCUT2D eigenvalue weighted by atomic mass is 35.5. The summed E-state index contributed by atoms with van der Waals surface area (Å²) in [6.07, 6.45) is 0.0478. The SMILES string of the molecule is COc1cc(Cl)ccc1C(=O)N1C[C@@]2(C(=O)O)C[C@@]2(C(=O)O)C1. The molecule has 0 unspecified atom stereocenters. The molecule has 1 aromatic rings. The van der Waals surface area contributed by atoms with Gasteiger partial charge in [-0.05, 0) is 24.6 Å². The van der Waals surface area contributed by atoms with Gasteiger partial charge in [-0.25, -0.2) is 0 Å². The van der Waals surface area contributed by atoms with Gasteiger partial charge in [-0.2, -0.15) is 0 Å². The molecule has 3 rings (SSSR count). The number of carbonyl (C=O) groups is 3. The number of rotatable bonds is 4. The number of hydrogen-bond acceptors (Lipinski definition) is 4. The topological polar surface area (TPSA) is 104 Å². The maximum Gasteiger partial charge on any atom is 0.312 e. The minimum Gasteiger partial charge on any atom is -0.496 e. The molecule has 1 heterocycles. The van der Waals surface area contributed by atoms with Crippen molar-refractivity contribution in [2.24, 2.45) is 10.8 Å². The van der Waals surface area contributed by atoms with Crippen LogP contribution in [-0.2, 0) is 9.59 Å². The lowest BCUT2D eigenvalue weighted by molar-refractivity contribution is -0.151. The van der Waals surface area contributed by atoms with Gasteiger partial charge in [0, 0.05) is 18.1 Å². The molecule has 122 valence electrons. The summed E-state index contributed by atoms with van der Waals surface area (Å²) in [7, 11) is 1.39. The summed E-state index contributed by atoms with van der Waals surface area (Å²) in [5.74, 6) is -2.57. The summed E-state index contributed by atoms with van der Waals surface area (Å²) in [6.45, 7) is -0.251. The number of ether oxygens (including phenoxy) is 1. The lowest BCUT2D eigenvalue weighted by Gasteiger charge is -2.21. The fourth-order valence-electron chi connectivity index (χ4n) is 3.44. The molecule has 1 saturated heterocycles. The van der Waals surface area contributed by atoms with Gasteiger partial charge in [-0.3, -0.25) is 14.4 Å². The standard InChI is InChI=1S/C15H14ClNO6/c1-23-10-4-8(16)2-3-9(10)11(18)17-6-14(12(19)20)5-15(14,7-17)13(21)22/h2-4H,5-7H2,1H3,(H,19,20)(H,21,22)/t14-,15+. The molecule has 7 nitrogen and oxygen atoms in total. The van der Waals surface area contributed by atoms with Crippen LogP contribution < -0.4 is 4.74 Å². The summed E-state index contributed by atoms with van der Waals surface area (Å²) in [5, 5.41) is 19.2. The van der Waals surface area contributed by atoms with E-state index in [0.29, 0.717) is 5.02 Å². The van der Waals surface area contributed by atoms with Crippen LogP contribution in [0.25, 0.3) is 0 Å². The molecule has 1 amide bonds. The largest absolute Gasteiger partial charge is 0.496 e. The van der Waals surface area contributed by atoms with Gasteiger partial charge in [-0.1, -0.05) is 11.6 Å².